The molecule has 0 radical (unpaired) electrons. The van der Waals surface area contributed by atoms with Gasteiger partial charge >= 0.3 is 0 Å². The van der Waals surface area contributed by atoms with Crippen LogP contribution in [0.1, 0.15) is 21.7 Å². The van der Waals surface area contributed by atoms with Crippen molar-refractivity contribution in [3.05, 3.63) is 53.5 Å². The molecule has 0 saturated heterocycles. The molecule has 1 aliphatic heterocycles. The van der Waals surface area contributed by atoms with Crippen molar-refractivity contribution in [1.29, 1.82) is 0 Å². The summed E-state index contributed by atoms with van der Waals surface area (Å²) in [6, 6.07) is 9.79. The third kappa shape index (κ3) is 2.15. The van der Waals surface area contributed by atoms with Crippen molar-refractivity contribution in [2.45, 2.75) is 13.5 Å². The zero-order valence-electron chi connectivity index (χ0n) is 10.8. The van der Waals surface area contributed by atoms with E-state index in [1.165, 1.54) is 0 Å². The van der Waals surface area contributed by atoms with Gasteiger partial charge in [-0.2, -0.15) is 0 Å². The second kappa shape index (κ2) is 4.90. The molecule has 0 unspecified atom stereocenters. The van der Waals surface area contributed by atoms with Gasteiger partial charge in [0.25, 0.3) is 5.91 Å². The van der Waals surface area contributed by atoms with Crippen LogP contribution in [0.3, 0.4) is 0 Å². The minimum atomic E-state index is -0.0707. The van der Waals surface area contributed by atoms with Gasteiger partial charge in [0.05, 0.1) is 6.26 Å². The molecule has 1 N–H and O–H groups in total. The Morgan fingerprint density at radius 2 is 2.16 bits per heavy atom. The topological polar surface area (TPSA) is 45.5 Å². The van der Waals surface area contributed by atoms with Crippen molar-refractivity contribution >= 4 is 11.6 Å². The zero-order valence-corrected chi connectivity index (χ0v) is 10.8. The maximum atomic E-state index is 12.6. The summed E-state index contributed by atoms with van der Waals surface area (Å²) < 4.78 is 5.32. The van der Waals surface area contributed by atoms with Gasteiger partial charge < -0.3 is 14.6 Å². The highest BCUT2D eigenvalue weighted by Crippen LogP contribution is 2.24. The number of hydrogen-bond acceptors (Lipinski definition) is 3. The first kappa shape index (κ1) is 12.0. The summed E-state index contributed by atoms with van der Waals surface area (Å²) in [5.74, 6) is 0.357. The molecule has 1 aromatic heterocycles. The summed E-state index contributed by atoms with van der Waals surface area (Å²) >= 11 is 0. The molecule has 0 spiro atoms. The highest BCUT2D eigenvalue weighted by Gasteiger charge is 2.24. The van der Waals surface area contributed by atoms with Crippen LogP contribution in [-0.4, -0.2) is 19.0 Å². The van der Waals surface area contributed by atoms with E-state index in [2.05, 4.69) is 5.32 Å². The Bertz CT molecular complexity index is 604. The van der Waals surface area contributed by atoms with Crippen molar-refractivity contribution in [2.24, 2.45) is 0 Å². The van der Waals surface area contributed by atoms with Gasteiger partial charge in [-0.1, -0.05) is 18.2 Å². The number of hydrogen-bond donors (Lipinski definition) is 1. The molecule has 3 rings (SSSR count). The average Bonchev–Trinajstić information content (AvgIpc) is 2.74. The van der Waals surface area contributed by atoms with Crippen molar-refractivity contribution in [3.8, 4) is 0 Å². The highest BCUT2D eigenvalue weighted by molar-refractivity contribution is 6.05. The van der Waals surface area contributed by atoms with E-state index >= 15 is 0 Å². The van der Waals surface area contributed by atoms with E-state index in [-0.39, 0.29) is 5.91 Å². The number of amides is 1. The Balaban J connectivity index is 2.01. The number of para-hydroxylation sites is 1. The van der Waals surface area contributed by atoms with E-state index in [4.69, 9.17) is 4.42 Å². The smallest absolute Gasteiger partial charge is 0.294 e. The molecular weight excluding hydrogens is 240 g/mol. The Morgan fingerprint density at radius 3 is 2.95 bits per heavy atom. The fourth-order valence-electron chi connectivity index (χ4n) is 2.38. The Morgan fingerprint density at radius 1 is 1.32 bits per heavy atom. The summed E-state index contributed by atoms with van der Waals surface area (Å²) in [6.07, 6.45) is 1.56. The summed E-state index contributed by atoms with van der Waals surface area (Å²) in [7, 11) is 0. The minimum Gasteiger partial charge on any atom is -0.459 e. The van der Waals surface area contributed by atoms with Crippen LogP contribution in [0.5, 0.6) is 0 Å². The molecule has 0 fully saturated rings. The molecule has 0 atom stereocenters. The van der Waals surface area contributed by atoms with E-state index in [9.17, 15) is 4.79 Å². The Hall–Kier alpha value is -2.07. The number of aryl methyl sites for hydroxylation is 1. The van der Waals surface area contributed by atoms with Crippen LogP contribution < -0.4 is 10.2 Å². The number of carbonyl (C=O) groups excluding carboxylic acids is 1. The maximum Gasteiger partial charge on any atom is 0.294 e. The summed E-state index contributed by atoms with van der Waals surface area (Å²) in [6.45, 7) is 4.10. The summed E-state index contributed by atoms with van der Waals surface area (Å²) in [5.41, 5.74) is 2.98. The molecule has 19 heavy (non-hydrogen) atoms. The van der Waals surface area contributed by atoms with Gasteiger partial charge in [-0.3, -0.25) is 4.79 Å². The molecule has 1 aliphatic rings. The Labute approximate surface area is 112 Å². The number of benzene rings is 1. The summed E-state index contributed by atoms with van der Waals surface area (Å²) in [4.78, 5) is 14.4. The summed E-state index contributed by atoms with van der Waals surface area (Å²) in [5, 5.41) is 3.32. The van der Waals surface area contributed by atoms with Crippen LogP contribution in [0.25, 0.3) is 0 Å². The standard InChI is InChI=1S/C15H16N2O2/c1-11-6-9-19-14(11)15(18)17-8-7-16-10-12-4-2-3-5-13(12)17/h2-6,9,16H,7-8,10H2,1H3. The van der Waals surface area contributed by atoms with Crippen LogP contribution in [-0.2, 0) is 6.54 Å². The van der Waals surface area contributed by atoms with Crippen LogP contribution >= 0.6 is 0 Å². The zero-order chi connectivity index (χ0) is 13.2. The number of anilines is 1. The average molecular weight is 256 g/mol. The van der Waals surface area contributed by atoms with E-state index in [1.807, 2.05) is 37.3 Å². The van der Waals surface area contributed by atoms with Gasteiger partial charge in [-0.05, 0) is 24.6 Å². The monoisotopic (exact) mass is 256 g/mol. The van der Waals surface area contributed by atoms with Crippen molar-refractivity contribution in [2.75, 3.05) is 18.0 Å². The van der Waals surface area contributed by atoms with Gasteiger partial charge in [-0.15, -0.1) is 0 Å². The molecular formula is C15H16N2O2. The molecule has 4 nitrogen and oxygen atoms in total. The van der Waals surface area contributed by atoms with Crippen LogP contribution in [0, 0.1) is 6.92 Å². The molecule has 1 aromatic carbocycles. The number of nitrogens with zero attached hydrogens (tertiary/aromatic N) is 1. The molecule has 2 heterocycles. The normalized spacial score (nSPS) is 14.9. The van der Waals surface area contributed by atoms with Crippen LogP contribution in [0.4, 0.5) is 5.69 Å². The first-order valence-electron chi connectivity index (χ1n) is 6.42. The predicted octanol–water partition coefficient (Wildman–Crippen LogP) is 2.34. The number of carbonyl (C=O) groups is 1. The molecule has 1 amide bonds. The molecule has 0 saturated carbocycles. The van der Waals surface area contributed by atoms with Crippen LogP contribution in [0.2, 0.25) is 0 Å². The molecule has 2 aromatic rings. The lowest BCUT2D eigenvalue weighted by Crippen LogP contribution is -2.34. The molecule has 0 bridgehead atoms. The van der Waals surface area contributed by atoms with Crippen molar-refractivity contribution in [3.63, 3.8) is 0 Å². The number of fused-ring (bicyclic) bond motifs is 1. The number of rotatable bonds is 1. The van der Waals surface area contributed by atoms with E-state index in [0.29, 0.717) is 12.3 Å². The predicted molar refractivity (Wildman–Crippen MR) is 73.3 cm³/mol. The third-order valence-electron chi connectivity index (χ3n) is 3.41. The van der Waals surface area contributed by atoms with Crippen LogP contribution in [0.15, 0.2) is 41.0 Å². The molecule has 0 aliphatic carbocycles. The second-order valence-corrected chi connectivity index (χ2v) is 4.70. The largest absolute Gasteiger partial charge is 0.459 e. The minimum absolute atomic E-state index is 0.0707. The quantitative estimate of drug-likeness (QED) is 0.851. The van der Waals surface area contributed by atoms with Gasteiger partial charge in [0, 0.05) is 30.9 Å². The fourth-order valence-corrected chi connectivity index (χ4v) is 2.38. The van der Waals surface area contributed by atoms with Gasteiger partial charge in [0.15, 0.2) is 5.76 Å². The lowest BCUT2D eigenvalue weighted by Gasteiger charge is -2.21. The van der Waals surface area contributed by atoms with Gasteiger partial charge in [-0.25, -0.2) is 0 Å². The molecule has 98 valence electrons. The van der Waals surface area contributed by atoms with Gasteiger partial charge in [0.2, 0.25) is 0 Å². The second-order valence-electron chi connectivity index (χ2n) is 4.70. The Kier molecular flexibility index (Phi) is 3.09. The fraction of sp³-hybridized carbons (Fsp3) is 0.267. The lowest BCUT2D eigenvalue weighted by molar-refractivity contribution is 0.0960. The number of nitrogens with one attached hydrogen (secondary N) is 1. The van der Waals surface area contributed by atoms with E-state index in [0.717, 1.165) is 29.9 Å². The van der Waals surface area contributed by atoms with Gasteiger partial charge in [0.1, 0.15) is 0 Å². The van der Waals surface area contributed by atoms with E-state index in [1.54, 1.807) is 11.2 Å². The van der Waals surface area contributed by atoms with Crippen molar-refractivity contribution in [1.82, 2.24) is 5.32 Å². The van der Waals surface area contributed by atoms with E-state index < -0.39 is 0 Å². The van der Waals surface area contributed by atoms with Crippen molar-refractivity contribution < 1.29 is 9.21 Å². The third-order valence-corrected chi connectivity index (χ3v) is 3.41. The maximum absolute atomic E-state index is 12.6. The number of furan rings is 1. The highest BCUT2D eigenvalue weighted by atomic mass is 16.3. The molecule has 4 heteroatoms. The SMILES string of the molecule is Cc1ccoc1C(=O)N1CCNCc2ccccc21. The first-order valence-corrected chi connectivity index (χ1v) is 6.42. The lowest BCUT2D eigenvalue weighted by atomic mass is 10.1. The first-order chi connectivity index (χ1) is 9.27.